The van der Waals surface area contributed by atoms with Crippen molar-refractivity contribution < 1.29 is 26.4 Å². The minimum atomic E-state index is -4.94. The molecule has 0 atom stereocenters. The van der Waals surface area contributed by atoms with Crippen molar-refractivity contribution in [1.29, 1.82) is 0 Å². The summed E-state index contributed by atoms with van der Waals surface area (Å²) >= 11 is 0. The summed E-state index contributed by atoms with van der Waals surface area (Å²) < 4.78 is 67.1. The number of nitrogens with one attached hydrogen (secondary N) is 2. The summed E-state index contributed by atoms with van der Waals surface area (Å²) in [7, 11) is -4.82. The van der Waals surface area contributed by atoms with Gasteiger partial charge in [0.15, 0.2) is 0 Å². The number of hydrogen-bond donors (Lipinski definition) is 2. The molecule has 3 rings (SSSR count). The molecule has 0 saturated carbocycles. The van der Waals surface area contributed by atoms with Gasteiger partial charge in [0.1, 0.15) is 10.7 Å². The molecule has 1 amide bonds. The van der Waals surface area contributed by atoms with Crippen molar-refractivity contribution in [2.75, 3.05) is 5.32 Å². The van der Waals surface area contributed by atoms with E-state index in [0.29, 0.717) is 11.9 Å². The maximum absolute atomic E-state index is 13.4. The quantitative estimate of drug-likeness (QED) is 0.651. The number of nitrogens with zero attached hydrogens (tertiary/aromatic N) is 1. The van der Waals surface area contributed by atoms with Crippen LogP contribution < -0.4 is 10.0 Å². The maximum Gasteiger partial charge on any atom is 0.417 e. The summed E-state index contributed by atoms with van der Waals surface area (Å²) in [5, 5.41) is 2.72. The van der Waals surface area contributed by atoms with E-state index in [1.807, 2.05) is 0 Å². The van der Waals surface area contributed by atoms with E-state index in [0.717, 1.165) is 12.1 Å². The van der Waals surface area contributed by atoms with Gasteiger partial charge in [-0.25, -0.2) is 18.1 Å². The zero-order valence-electron chi connectivity index (χ0n) is 14.6. The summed E-state index contributed by atoms with van der Waals surface area (Å²) in [5.74, 6) is -0.731. The zero-order chi connectivity index (χ0) is 21.1. The van der Waals surface area contributed by atoms with Crippen molar-refractivity contribution >= 4 is 27.4 Å². The minimum Gasteiger partial charge on any atom is -0.340 e. The summed E-state index contributed by atoms with van der Waals surface area (Å²) in [6.07, 6.45) is -3.48. The average Bonchev–Trinajstić information content (AvgIpc) is 2.68. The van der Waals surface area contributed by atoms with Crippen molar-refractivity contribution in [1.82, 2.24) is 9.71 Å². The number of aromatic nitrogens is 1. The van der Waals surface area contributed by atoms with Gasteiger partial charge in [-0.3, -0.25) is 4.79 Å². The van der Waals surface area contributed by atoms with Crippen LogP contribution in [0.25, 0.3) is 0 Å². The van der Waals surface area contributed by atoms with Crippen LogP contribution in [-0.2, 0) is 16.2 Å². The molecule has 0 spiro atoms. The molecule has 10 heteroatoms. The number of halogens is 3. The lowest BCUT2D eigenvalue weighted by Gasteiger charge is -2.16. The van der Waals surface area contributed by atoms with Crippen molar-refractivity contribution in [3.8, 4) is 0 Å². The standard InChI is InChI=1S/C19H14F3N3O3S/c20-19(21,22)15-10-9-14(24-17-8-4-5-11-23-17)12-16(15)29(27,28)25-18(26)13-6-2-1-3-7-13/h1-12H,(H,23,24)(H,25,26). The van der Waals surface area contributed by atoms with E-state index in [9.17, 15) is 26.4 Å². The molecule has 150 valence electrons. The van der Waals surface area contributed by atoms with E-state index in [4.69, 9.17) is 0 Å². The molecular weight excluding hydrogens is 407 g/mol. The number of benzene rings is 2. The first-order valence-electron chi connectivity index (χ1n) is 8.18. The molecule has 0 aliphatic heterocycles. The predicted octanol–water partition coefficient (Wildman–Crippen LogP) is 3.96. The molecule has 0 radical (unpaired) electrons. The highest BCUT2D eigenvalue weighted by molar-refractivity contribution is 7.90. The van der Waals surface area contributed by atoms with Gasteiger partial charge in [-0.2, -0.15) is 13.2 Å². The second-order valence-corrected chi connectivity index (χ2v) is 7.50. The van der Waals surface area contributed by atoms with E-state index in [1.54, 1.807) is 29.0 Å². The van der Waals surface area contributed by atoms with Gasteiger partial charge in [0.2, 0.25) is 0 Å². The van der Waals surface area contributed by atoms with Gasteiger partial charge in [-0.05, 0) is 42.5 Å². The Hall–Kier alpha value is -3.40. The molecule has 0 unspecified atom stereocenters. The fraction of sp³-hybridized carbons (Fsp3) is 0.0526. The number of alkyl halides is 3. The predicted molar refractivity (Wildman–Crippen MR) is 100 cm³/mol. The summed E-state index contributed by atoms with van der Waals surface area (Å²) in [4.78, 5) is 15.1. The Morgan fingerprint density at radius 1 is 0.931 bits per heavy atom. The lowest BCUT2D eigenvalue weighted by Crippen LogP contribution is -2.32. The van der Waals surface area contributed by atoms with Crippen LogP contribution in [0.3, 0.4) is 0 Å². The maximum atomic E-state index is 13.4. The largest absolute Gasteiger partial charge is 0.417 e. The Balaban J connectivity index is 2.00. The van der Waals surface area contributed by atoms with Crippen LogP contribution >= 0.6 is 0 Å². The van der Waals surface area contributed by atoms with Crippen LogP contribution in [0.15, 0.2) is 77.8 Å². The van der Waals surface area contributed by atoms with Gasteiger partial charge in [-0.1, -0.05) is 24.3 Å². The summed E-state index contributed by atoms with van der Waals surface area (Å²) in [6, 6.07) is 14.7. The highest BCUT2D eigenvalue weighted by Crippen LogP contribution is 2.36. The highest BCUT2D eigenvalue weighted by atomic mass is 32.2. The average molecular weight is 421 g/mol. The number of amides is 1. The molecule has 29 heavy (non-hydrogen) atoms. The third kappa shape index (κ3) is 4.91. The third-order valence-corrected chi connectivity index (χ3v) is 5.15. The highest BCUT2D eigenvalue weighted by Gasteiger charge is 2.38. The Labute approximate surface area is 164 Å². The Morgan fingerprint density at radius 3 is 2.24 bits per heavy atom. The molecule has 1 heterocycles. The number of carbonyl (C=O) groups excluding carboxylic acids is 1. The number of sulfonamides is 1. The number of hydrogen-bond acceptors (Lipinski definition) is 5. The first kappa shape index (κ1) is 20.3. The summed E-state index contributed by atoms with van der Waals surface area (Å²) in [5.41, 5.74) is -1.34. The number of carbonyl (C=O) groups is 1. The second-order valence-electron chi connectivity index (χ2n) is 5.85. The topological polar surface area (TPSA) is 88.2 Å². The van der Waals surface area contributed by atoms with Crippen LogP contribution in [0.5, 0.6) is 0 Å². The second kappa shape index (κ2) is 7.92. The molecule has 0 fully saturated rings. The molecule has 0 aliphatic rings. The van der Waals surface area contributed by atoms with E-state index >= 15 is 0 Å². The molecule has 0 saturated heterocycles. The van der Waals surface area contributed by atoms with Gasteiger partial charge in [-0.15, -0.1) is 0 Å². The van der Waals surface area contributed by atoms with Crippen LogP contribution in [-0.4, -0.2) is 19.3 Å². The molecule has 0 bridgehead atoms. The van der Waals surface area contributed by atoms with Crippen molar-refractivity contribution in [2.45, 2.75) is 11.1 Å². The smallest absolute Gasteiger partial charge is 0.340 e. The van der Waals surface area contributed by atoms with Gasteiger partial charge in [0.25, 0.3) is 15.9 Å². The van der Waals surface area contributed by atoms with Crippen LogP contribution in [0.1, 0.15) is 15.9 Å². The van der Waals surface area contributed by atoms with Gasteiger partial charge in [0, 0.05) is 17.4 Å². The first-order chi connectivity index (χ1) is 13.7. The normalized spacial score (nSPS) is 11.7. The Morgan fingerprint density at radius 2 is 1.62 bits per heavy atom. The fourth-order valence-electron chi connectivity index (χ4n) is 2.47. The van der Waals surface area contributed by atoms with Gasteiger partial charge >= 0.3 is 6.18 Å². The Bertz CT molecular complexity index is 1120. The van der Waals surface area contributed by atoms with Gasteiger partial charge in [0.05, 0.1) is 5.56 Å². The van der Waals surface area contributed by atoms with E-state index < -0.39 is 32.6 Å². The van der Waals surface area contributed by atoms with Crippen LogP contribution in [0.4, 0.5) is 24.7 Å². The van der Waals surface area contributed by atoms with Crippen molar-refractivity contribution in [3.05, 3.63) is 84.1 Å². The monoisotopic (exact) mass is 421 g/mol. The minimum absolute atomic E-state index is 0.00704. The number of anilines is 2. The Kier molecular flexibility index (Phi) is 5.55. The van der Waals surface area contributed by atoms with Gasteiger partial charge < -0.3 is 5.32 Å². The van der Waals surface area contributed by atoms with E-state index in [1.165, 1.54) is 30.5 Å². The lowest BCUT2D eigenvalue weighted by atomic mass is 10.2. The molecule has 0 aliphatic carbocycles. The van der Waals surface area contributed by atoms with Crippen molar-refractivity contribution in [2.24, 2.45) is 0 Å². The zero-order valence-corrected chi connectivity index (χ0v) is 15.5. The number of rotatable bonds is 5. The SMILES string of the molecule is O=C(NS(=O)(=O)c1cc(Nc2ccccn2)ccc1C(F)(F)F)c1ccccc1. The van der Waals surface area contributed by atoms with E-state index in [2.05, 4.69) is 10.3 Å². The number of pyridine rings is 1. The van der Waals surface area contributed by atoms with Crippen molar-refractivity contribution in [3.63, 3.8) is 0 Å². The first-order valence-corrected chi connectivity index (χ1v) is 9.67. The van der Waals surface area contributed by atoms with Crippen LogP contribution in [0, 0.1) is 0 Å². The van der Waals surface area contributed by atoms with Crippen LogP contribution in [0.2, 0.25) is 0 Å². The molecule has 3 aromatic rings. The lowest BCUT2D eigenvalue weighted by molar-refractivity contribution is -0.139. The van der Waals surface area contributed by atoms with E-state index in [-0.39, 0.29) is 11.3 Å². The molecule has 2 aromatic carbocycles. The molecular formula is C19H14F3N3O3S. The fourth-order valence-corrected chi connectivity index (χ4v) is 3.69. The third-order valence-electron chi connectivity index (χ3n) is 3.78. The summed E-state index contributed by atoms with van der Waals surface area (Å²) in [6.45, 7) is 0. The molecule has 6 nitrogen and oxygen atoms in total. The molecule has 1 aromatic heterocycles. The molecule has 2 N–H and O–H groups in total.